The molecule has 0 aromatic rings. The fraction of sp³-hybridized carbons (Fsp3) is 0.818. The van der Waals surface area contributed by atoms with Crippen LogP contribution < -0.4 is 5.32 Å². The van der Waals surface area contributed by atoms with E-state index in [0.29, 0.717) is 6.04 Å². The van der Waals surface area contributed by atoms with Gasteiger partial charge >= 0.3 is 0 Å². The summed E-state index contributed by atoms with van der Waals surface area (Å²) in [5, 5.41) is 3.22. The molecular weight excluding hydrogens is 146 g/mol. The van der Waals surface area contributed by atoms with Gasteiger partial charge in [0, 0.05) is 6.04 Å². The number of allylic oxidation sites excluding steroid dienone is 1. The summed E-state index contributed by atoms with van der Waals surface area (Å²) in [5.74, 6) is 0.870. The zero-order chi connectivity index (χ0) is 8.81. The van der Waals surface area contributed by atoms with Crippen LogP contribution in [0.25, 0.3) is 0 Å². The molecule has 0 aromatic carbocycles. The van der Waals surface area contributed by atoms with Gasteiger partial charge in [-0.2, -0.15) is 0 Å². The summed E-state index contributed by atoms with van der Waals surface area (Å²) in [4.78, 5) is 0. The summed E-state index contributed by atoms with van der Waals surface area (Å²) in [6.07, 6.45) is 11.8. The molecule has 0 amide bonds. The molecule has 70 valence electrons. The second-order valence-corrected chi connectivity index (χ2v) is 3.86. The van der Waals surface area contributed by atoms with Crippen molar-refractivity contribution in [1.82, 2.24) is 5.32 Å². The summed E-state index contributed by atoms with van der Waals surface area (Å²) in [6, 6.07) is 0.534. The van der Waals surface area contributed by atoms with Crippen LogP contribution in [0, 0.1) is 5.92 Å². The molecule has 0 radical (unpaired) electrons. The minimum atomic E-state index is 0.534. The Morgan fingerprint density at radius 1 is 1.25 bits per heavy atom. The first-order valence-electron chi connectivity index (χ1n) is 5.18. The van der Waals surface area contributed by atoms with E-state index in [-0.39, 0.29) is 0 Å². The van der Waals surface area contributed by atoms with Crippen molar-refractivity contribution in [2.75, 3.05) is 7.05 Å². The van der Waals surface area contributed by atoms with Crippen molar-refractivity contribution in [1.29, 1.82) is 0 Å². The Hall–Kier alpha value is -0.300. The fourth-order valence-corrected chi connectivity index (χ4v) is 1.75. The lowest BCUT2D eigenvalue weighted by molar-refractivity contribution is 0.418. The van der Waals surface area contributed by atoms with Crippen molar-refractivity contribution in [2.24, 2.45) is 5.92 Å². The summed E-state index contributed by atoms with van der Waals surface area (Å²) in [5.41, 5.74) is 0. The largest absolute Gasteiger partial charge is 0.314 e. The zero-order valence-electron chi connectivity index (χ0n) is 8.34. The Labute approximate surface area is 76.2 Å². The number of hydrogen-bond acceptors (Lipinski definition) is 1. The molecule has 1 saturated carbocycles. The highest BCUT2D eigenvalue weighted by Gasteiger charge is 2.09. The second-order valence-electron chi connectivity index (χ2n) is 3.86. The molecule has 0 heterocycles. The number of nitrogens with one attached hydrogen (secondary N) is 1. The lowest BCUT2D eigenvalue weighted by Gasteiger charge is -2.18. The van der Waals surface area contributed by atoms with Crippen LogP contribution >= 0.6 is 0 Å². The SMILES string of the molecule is CNC(C)/C=C/C1CCCCC1. The minimum absolute atomic E-state index is 0.534. The average Bonchev–Trinajstić information content (AvgIpc) is 2.16. The van der Waals surface area contributed by atoms with Crippen molar-refractivity contribution >= 4 is 0 Å². The van der Waals surface area contributed by atoms with Crippen molar-refractivity contribution in [3.8, 4) is 0 Å². The number of rotatable bonds is 3. The zero-order valence-corrected chi connectivity index (χ0v) is 8.34. The fourth-order valence-electron chi connectivity index (χ4n) is 1.75. The van der Waals surface area contributed by atoms with Gasteiger partial charge in [0.2, 0.25) is 0 Å². The summed E-state index contributed by atoms with van der Waals surface area (Å²) in [7, 11) is 2.01. The Morgan fingerprint density at radius 2 is 1.92 bits per heavy atom. The Morgan fingerprint density at radius 3 is 2.50 bits per heavy atom. The van der Waals surface area contributed by atoms with Gasteiger partial charge in [0.05, 0.1) is 0 Å². The first-order chi connectivity index (χ1) is 5.83. The molecule has 0 aromatic heterocycles. The van der Waals surface area contributed by atoms with Gasteiger partial charge in [0.1, 0.15) is 0 Å². The molecule has 0 bridgehead atoms. The molecule has 0 spiro atoms. The molecule has 12 heavy (non-hydrogen) atoms. The summed E-state index contributed by atoms with van der Waals surface area (Å²) in [6.45, 7) is 2.19. The Kier molecular flexibility index (Phi) is 4.37. The van der Waals surface area contributed by atoms with Gasteiger partial charge in [0.25, 0.3) is 0 Å². The van der Waals surface area contributed by atoms with Gasteiger partial charge < -0.3 is 5.32 Å². The number of likely N-dealkylation sites (N-methyl/N-ethyl adjacent to an activating group) is 1. The molecule has 1 fully saturated rings. The van der Waals surface area contributed by atoms with Crippen LogP contribution in [0.4, 0.5) is 0 Å². The predicted octanol–water partition coefficient (Wildman–Crippen LogP) is 2.73. The lowest BCUT2D eigenvalue weighted by atomic mass is 9.89. The van der Waals surface area contributed by atoms with Gasteiger partial charge in [-0.15, -0.1) is 0 Å². The average molecular weight is 167 g/mol. The van der Waals surface area contributed by atoms with Crippen LogP contribution in [0.3, 0.4) is 0 Å². The third-order valence-corrected chi connectivity index (χ3v) is 2.78. The van der Waals surface area contributed by atoms with Crippen LogP contribution in [0.5, 0.6) is 0 Å². The molecule has 1 rings (SSSR count). The van der Waals surface area contributed by atoms with Crippen LogP contribution in [0.2, 0.25) is 0 Å². The third kappa shape index (κ3) is 3.40. The third-order valence-electron chi connectivity index (χ3n) is 2.78. The van der Waals surface area contributed by atoms with Crippen molar-refractivity contribution < 1.29 is 0 Å². The smallest absolute Gasteiger partial charge is 0.0218 e. The normalized spacial score (nSPS) is 23.2. The van der Waals surface area contributed by atoms with Crippen molar-refractivity contribution in [3.05, 3.63) is 12.2 Å². The van der Waals surface area contributed by atoms with E-state index in [1.54, 1.807) is 0 Å². The highest BCUT2D eigenvalue weighted by Crippen LogP contribution is 2.24. The van der Waals surface area contributed by atoms with Gasteiger partial charge in [-0.05, 0) is 32.7 Å². The van der Waals surface area contributed by atoms with E-state index in [2.05, 4.69) is 24.4 Å². The van der Waals surface area contributed by atoms with Crippen LogP contribution in [0.15, 0.2) is 12.2 Å². The quantitative estimate of drug-likeness (QED) is 0.637. The monoisotopic (exact) mass is 167 g/mol. The summed E-state index contributed by atoms with van der Waals surface area (Å²) < 4.78 is 0. The van der Waals surface area contributed by atoms with Crippen molar-refractivity contribution in [2.45, 2.75) is 45.1 Å². The van der Waals surface area contributed by atoms with Gasteiger partial charge in [-0.3, -0.25) is 0 Å². The van der Waals surface area contributed by atoms with E-state index in [1.807, 2.05) is 7.05 Å². The van der Waals surface area contributed by atoms with Gasteiger partial charge in [-0.1, -0.05) is 31.4 Å². The topological polar surface area (TPSA) is 12.0 Å². The molecule has 1 nitrogen and oxygen atoms in total. The molecule has 1 heteroatoms. The molecule has 0 saturated heterocycles. The molecule has 1 atom stereocenters. The molecule has 1 unspecified atom stereocenters. The lowest BCUT2D eigenvalue weighted by Crippen LogP contribution is -2.18. The molecular formula is C11H21N. The molecule has 1 aliphatic rings. The Balaban J connectivity index is 2.23. The Bertz CT molecular complexity index is 134. The highest BCUT2D eigenvalue weighted by molar-refractivity contribution is 4.95. The molecule has 1 aliphatic carbocycles. The minimum Gasteiger partial charge on any atom is -0.314 e. The predicted molar refractivity (Wildman–Crippen MR) is 54.2 cm³/mol. The maximum atomic E-state index is 3.22. The number of hydrogen-bond donors (Lipinski definition) is 1. The standard InChI is InChI=1S/C11H21N/c1-10(12-2)8-9-11-6-4-3-5-7-11/h8-12H,3-7H2,1-2H3/b9-8+. The summed E-state index contributed by atoms with van der Waals surface area (Å²) >= 11 is 0. The van der Waals surface area contributed by atoms with Crippen LogP contribution in [-0.4, -0.2) is 13.1 Å². The van der Waals surface area contributed by atoms with E-state index in [9.17, 15) is 0 Å². The van der Waals surface area contributed by atoms with E-state index < -0.39 is 0 Å². The van der Waals surface area contributed by atoms with Crippen molar-refractivity contribution in [3.63, 3.8) is 0 Å². The van der Waals surface area contributed by atoms with E-state index in [4.69, 9.17) is 0 Å². The van der Waals surface area contributed by atoms with Gasteiger partial charge in [-0.25, -0.2) is 0 Å². The van der Waals surface area contributed by atoms with E-state index in [1.165, 1.54) is 32.1 Å². The van der Waals surface area contributed by atoms with E-state index >= 15 is 0 Å². The second kappa shape index (κ2) is 5.36. The first kappa shape index (κ1) is 9.79. The maximum Gasteiger partial charge on any atom is 0.0218 e. The highest BCUT2D eigenvalue weighted by atomic mass is 14.8. The van der Waals surface area contributed by atoms with E-state index in [0.717, 1.165) is 5.92 Å². The van der Waals surface area contributed by atoms with Crippen LogP contribution in [-0.2, 0) is 0 Å². The maximum absolute atomic E-state index is 3.22. The molecule has 0 aliphatic heterocycles. The van der Waals surface area contributed by atoms with Gasteiger partial charge in [0.15, 0.2) is 0 Å². The first-order valence-corrected chi connectivity index (χ1v) is 5.18. The van der Waals surface area contributed by atoms with Crippen LogP contribution in [0.1, 0.15) is 39.0 Å². The molecule has 1 N–H and O–H groups in total.